The highest BCUT2D eigenvalue weighted by molar-refractivity contribution is 7.15. The lowest BCUT2D eigenvalue weighted by Crippen LogP contribution is -2.35. The van der Waals surface area contributed by atoms with E-state index in [1.54, 1.807) is 16.2 Å². The Kier molecular flexibility index (Phi) is 5.13. The molecule has 2 aromatic heterocycles. The largest absolute Gasteiger partial charge is 0.444 e. The van der Waals surface area contributed by atoms with Crippen molar-refractivity contribution in [2.45, 2.75) is 52.6 Å². The van der Waals surface area contributed by atoms with Crippen LogP contribution < -0.4 is 5.32 Å². The fourth-order valence-electron chi connectivity index (χ4n) is 2.82. The Balaban J connectivity index is 1.70. The molecule has 0 bridgehead atoms. The van der Waals surface area contributed by atoms with Gasteiger partial charge >= 0.3 is 6.09 Å². The van der Waals surface area contributed by atoms with Crippen molar-refractivity contribution in [3.63, 3.8) is 0 Å². The van der Waals surface area contributed by atoms with Crippen LogP contribution in [-0.2, 0) is 4.74 Å². The zero-order valence-corrected chi connectivity index (χ0v) is 16.7. The number of anilines is 2. The summed E-state index contributed by atoms with van der Waals surface area (Å²) in [4.78, 5) is 28.7. The Bertz CT molecular complexity index is 799. The lowest BCUT2D eigenvalue weighted by atomic mass is 10.1. The number of carbonyl (C=O) groups excluding carboxylic acids is 1. The van der Waals surface area contributed by atoms with E-state index in [9.17, 15) is 4.79 Å². The maximum Gasteiger partial charge on any atom is 0.410 e. The van der Waals surface area contributed by atoms with Gasteiger partial charge in [0, 0.05) is 41.8 Å². The molecule has 8 heteroatoms. The molecule has 3 heterocycles. The highest BCUT2D eigenvalue weighted by Gasteiger charge is 2.32. The minimum Gasteiger partial charge on any atom is -0.444 e. The first-order chi connectivity index (χ1) is 12.2. The van der Waals surface area contributed by atoms with Crippen LogP contribution in [0.25, 0.3) is 0 Å². The Hall–Kier alpha value is -2.22. The average molecular weight is 375 g/mol. The summed E-state index contributed by atoms with van der Waals surface area (Å²) < 4.78 is 5.46. The molecule has 0 aromatic carbocycles. The molecule has 1 unspecified atom stereocenters. The van der Waals surface area contributed by atoms with E-state index in [0.717, 1.165) is 33.8 Å². The number of likely N-dealkylation sites (tertiary alicyclic amines) is 1. The second-order valence-corrected chi connectivity index (χ2v) is 8.80. The van der Waals surface area contributed by atoms with Crippen molar-refractivity contribution in [1.82, 2.24) is 19.9 Å². The van der Waals surface area contributed by atoms with Crippen molar-refractivity contribution in [3.8, 4) is 0 Å². The van der Waals surface area contributed by atoms with Crippen LogP contribution >= 0.6 is 11.3 Å². The molecular formula is C18H25N5O2S. The van der Waals surface area contributed by atoms with Crippen molar-refractivity contribution in [2.24, 2.45) is 0 Å². The van der Waals surface area contributed by atoms with Crippen molar-refractivity contribution in [2.75, 3.05) is 18.4 Å². The predicted molar refractivity (Wildman–Crippen MR) is 102 cm³/mol. The van der Waals surface area contributed by atoms with Crippen LogP contribution in [0.5, 0.6) is 0 Å². The highest BCUT2D eigenvalue weighted by atomic mass is 32.1. The molecule has 1 N–H and O–H groups in total. The molecule has 26 heavy (non-hydrogen) atoms. The summed E-state index contributed by atoms with van der Waals surface area (Å²) >= 11 is 1.58. The van der Waals surface area contributed by atoms with Crippen molar-refractivity contribution < 1.29 is 9.53 Å². The Morgan fingerprint density at radius 2 is 2.12 bits per heavy atom. The normalized spacial score (nSPS) is 17.4. The van der Waals surface area contributed by atoms with E-state index in [-0.39, 0.29) is 12.0 Å². The van der Waals surface area contributed by atoms with Gasteiger partial charge in [-0.25, -0.2) is 19.7 Å². The molecule has 1 aliphatic heterocycles. The smallest absolute Gasteiger partial charge is 0.410 e. The molecule has 0 spiro atoms. The van der Waals surface area contributed by atoms with Gasteiger partial charge in [-0.2, -0.15) is 0 Å². The summed E-state index contributed by atoms with van der Waals surface area (Å²) in [7, 11) is 0. The van der Waals surface area contributed by atoms with Gasteiger partial charge in [0.25, 0.3) is 0 Å². The fourth-order valence-corrected chi connectivity index (χ4v) is 3.49. The van der Waals surface area contributed by atoms with Gasteiger partial charge in [-0.3, -0.25) is 0 Å². The number of amides is 1. The maximum atomic E-state index is 12.3. The number of aryl methyl sites for hydroxylation is 2. The first-order valence-electron chi connectivity index (χ1n) is 8.72. The van der Waals surface area contributed by atoms with Gasteiger partial charge < -0.3 is 15.0 Å². The third-order valence-corrected chi connectivity index (χ3v) is 4.76. The summed E-state index contributed by atoms with van der Waals surface area (Å²) in [5.74, 6) is 1.60. The number of thiazole rings is 1. The molecule has 0 aliphatic carbocycles. The summed E-state index contributed by atoms with van der Waals surface area (Å²) in [5.41, 5.74) is 0.402. The van der Waals surface area contributed by atoms with Crippen LogP contribution in [0, 0.1) is 13.8 Å². The molecular weight excluding hydrogens is 350 g/mol. The van der Waals surface area contributed by atoms with Gasteiger partial charge in [-0.05, 0) is 41.0 Å². The molecule has 0 radical (unpaired) electrons. The molecule has 140 valence electrons. The molecule has 0 saturated carbocycles. The molecule has 3 rings (SSSR count). The van der Waals surface area contributed by atoms with Gasteiger partial charge in [-0.15, -0.1) is 11.3 Å². The molecule has 7 nitrogen and oxygen atoms in total. The van der Waals surface area contributed by atoms with E-state index >= 15 is 0 Å². The number of carbonyl (C=O) groups is 1. The lowest BCUT2D eigenvalue weighted by Gasteiger charge is -2.24. The molecule has 1 fully saturated rings. The van der Waals surface area contributed by atoms with E-state index in [1.165, 1.54) is 0 Å². The quantitative estimate of drug-likeness (QED) is 0.873. The number of ether oxygens (including phenoxy) is 1. The number of hydrogen-bond donors (Lipinski definition) is 1. The number of aromatic nitrogens is 3. The molecule has 1 aliphatic rings. The van der Waals surface area contributed by atoms with Gasteiger partial charge in [0.15, 0.2) is 5.13 Å². The number of rotatable bonds is 3. The SMILES string of the molecule is Cc1cc(Nc2ncc(C)s2)nc(C2CCN(C(=O)OC(C)(C)C)C2)n1. The van der Waals surface area contributed by atoms with E-state index in [2.05, 4.69) is 20.3 Å². The summed E-state index contributed by atoms with van der Waals surface area (Å²) in [6.07, 6.45) is 2.39. The predicted octanol–water partition coefficient (Wildman–Crippen LogP) is 4.02. The number of nitrogens with zero attached hydrogens (tertiary/aromatic N) is 4. The van der Waals surface area contributed by atoms with Gasteiger partial charge in [0.2, 0.25) is 0 Å². The van der Waals surface area contributed by atoms with Crippen LogP contribution in [0.3, 0.4) is 0 Å². The van der Waals surface area contributed by atoms with E-state index in [0.29, 0.717) is 13.1 Å². The Morgan fingerprint density at radius 3 is 2.77 bits per heavy atom. The van der Waals surface area contributed by atoms with Crippen molar-refractivity contribution in [1.29, 1.82) is 0 Å². The first-order valence-corrected chi connectivity index (χ1v) is 9.54. The maximum absolute atomic E-state index is 12.3. The number of nitrogens with one attached hydrogen (secondary N) is 1. The van der Waals surface area contributed by atoms with Crippen LogP contribution in [0.2, 0.25) is 0 Å². The van der Waals surface area contributed by atoms with Crippen molar-refractivity contribution >= 4 is 28.4 Å². The van der Waals surface area contributed by atoms with Gasteiger partial charge in [-0.1, -0.05) is 0 Å². The molecule has 1 amide bonds. The third-order valence-electron chi connectivity index (χ3n) is 3.93. The summed E-state index contributed by atoms with van der Waals surface area (Å²) in [6, 6.07) is 1.90. The zero-order chi connectivity index (χ0) is 18.9. The molecule has 1 atom stereocenters. The second kappa shape index (κ2) is 7.19. The minimum absolute atomic E-state index is 0.112. The van der Waals surface area contributed by atoms with E-state index in [4.69, 9.17) is 4.74 Å². The van der Waals surface area contributed by atoms with Gasteiger partial charge in [0.05, 0.1) is 0 Å². The minimum atomic E-state index is -0.488. The van der Waals surface area contributed by atoms with Crippen LogP contribution in [0.4, 0.5) is 15.7 Å². The van der Waals surface area contributed by atoms with Crippen LogP contribution in [0.15, 0.2) is 12.3 Å². The monoisotopic (exact) mass is 375 g/mol. The summed E-state index contributed by atoms with van der Waals surface area (Å²) in [6.45, 7) is 10.8. The average Bonchev–Trinajstić information content (AvgIpc) is 3.14. The molecule has 2 aromatic rings. The fraction of sp³-hybridized carbons (Fsp3) is 0.556. The number of hydrogen-bond acceptors (Lipinski definition) is 7. The Morgan fingerprint density at radius 1 is 1.35 bits per heavy atom. The van der Waals surface area contributed by atoms with Crippen LogP contribution in [0.1, 0.15) is 49.5 Å². The van der Waals surface area contributed by atoms with Crippen LogP contribution in [-0.4, -0.2) is 44.6 Å². The van der Waals surface area contributed by atoms with Gasteiger partial charge in [0.1, 0.15) is 17.2 Å². The second-order valence-electron chi connectivity index (χ2n) is 7.57. The first kappa shape index (κ1) is 18.6. The standard InChI is InChI=1S/C18H25N5O2S/c1-11-8-14(22-16-19-9-12(2)26-16)21-15(20-11)13-6-7-23(10-13)17(24)25-18(3,4)5/h8-9,13H,6-7,10H2,1-5H3,(H,19,20,21,22). The lowest BCUT2D eigenvalue weighted by molar-refractivity contribution is 0.0292. The molecule has 1 saturated heterocycles. The summed E-state index contributed by atoms with van der Waals surface area (Å²) in [5, 5.41) is 4.06. The Labute approximate surface area is 157 Å². The zero-order valence-electron chi connectivity index (χ0n) is 15.9. The third kappa shape index (κ3) is 4.69. The highest BCUT2D eigenvalue weighted by Crippen LogP contribution is 2.28. The van der Waals surface area contributed by atoms with E-state index in [1.807, 2.05) is 46.9 Å². The topological polar surface area (TPSA) is 80.2 Å². The van der Waals surface area contributed by atoms with E-state index < -0.39 is 5.60 Å². The van der Waals surface area contributed by atoms with Crippen molar-refractivity contribution in [3.05, 3.63) is 28.7 Å².